The van der Waals surface area contributed by atoms with Gasteiger partial charge in [0.2, 0.25) is 0 Å². The van der Waals surface area contributed by atoms with Crippen LogP contribution in [0.1, 0.15) is 6.92 Å². The van der Waals surface area contributed by atoms with Crippen LogP contribution in [0.25, 0.3) is 0 Å². The number of rotatable bonds is 5. The minimum Gasteiger partial charge on any atom is -0.484 e. The summed E-state index contributed by atoms with van der Waals surface area (Å²) in [5, 5.41) is 2.45. The summed E-state index contributed by atoms with van der Waals surface area (Å²) in [6.45, 7) is 1.36. The van der Waals surface area contributed by atoms with Gasteiger partial charge < -0.3 is 20.5 Å². The Morgan fingerprint density at radius 2 is 1.94 bits per heavy atom. The summed E-state index contributed by atoms with van der Waals surface area (Å²) in [4.78, 5) is 22.5. The molecule has 1 rings (SSSR count). The van der Waals surface area contributed by atoms with Crippen LogP contribution in [0.3, 0.4) is 0 Å². The molecule has 6 nitrogen and oxygen atoms in total. The maximum Gasteiger partial charge on any atom is 0.328 e. The van der Waals surface area contributed by atoms with Crippen molar-refractivity contribution >= 4 is 17.6 Å². The fourth-order valence-electron chi connectivity index (χ4n) is 1.23. The SMILES string of the molecule is COC(=O)C(C)NC(=O)COc1ccc(N)cc1. The molecule has 0 saturated carbocycles. The summed E-state index contributed by atoms with van der Waals surface area (Å²) >= 11 is 0. The molecule has 6 heteroatoms. The van der Waals surface area contributed by atoms with Crippen LogP contribution < -0.4 is 15.8 Å². The first-order valence-corrected chi connectivity index (χ1v) is 5.38. The van der Waals surface area contributed by atoms with Crippen molar-refractivity contribution in [2.75, 3.05) is 19.5 Å². The van der Waals surface area contributed by atoms with Gasteiger partial charge in [-0.2, -0.15) is 0 Å². The van der Waals surface area contributed by atoms with Gasteiger partial charge in [-0.3, -0.25) is 4.79 Å². The van der Waals surface area contributed by atoms with Crippen molar-refractivity contribution in [2.45, 2.75) is 13.0 Å². The van der Waals surface area contributed by atoms with E-state index < -0.39 is 17.9 Å². The number of carbonyl (C=O) groups excluding carboxylic acids is 2. The smallest absolute Gasteiger partial charge is 0.328 e. The second-order valence-electron chi connectivity index (χ2n) is 3.67. The molecule has 0 spiro atoms. The highest BCUT2D eigenvalue weighted by Gasteiger charge is 2.15. The van der Waals surface area contributed by atoms with E-state index in [1.807, 2.05) is 0 Å². The van der Waals surface area contributed by atoms with Crippen LogP contribution in [0.5, 0.6) is 5.75 Å². The van der Waals surface area contributed by atoms with Gasteiger partial charge in [0.15, 0.2) is 6.61 Å². The van der Waals surface area contributed by atoms with Gasteiger partial charge in [0.1, 0.15) is 11.8 Å². The summed E-state index contributed by atoms with van der Waals surface area (Å²) in [5.41, 5.74) is 6.13. The Balaban J connectivity index is 2.37. The lowest BCUT2D eigenvalue weighted by molar-refractivity contribution is -0.144. The first kappa shape index (κ1) is 13.8. The third kappa shape index (κ3) is 4.32. The summed E-state index contributed by atoms with van der Waals surface area (Å²) in [6, 6.07) is 5.96. The second-order valence-corrected chi connectivity index (χ2v) is 3.67. The molecule has 1 unspecified atom stereocenters. The zero-order valence-electron chi connectivity index (χ0n) is 10.3. The molecule has 3 N–H and O–H groups in total. The van der Waals surface area contributed by atoms with Crippen molar-refractivity contribution in [1.82, 2.24) is 5.32 Å². The van der Waals surface area contributed by atoms with Gasteiger partial charge in [-0.25, -0.2) is 4.79 Å². The van der Waals surface area contributed by atoms with Crippen molar-refractivity contribution in [1.29, 1.82) is 0 Å². The van der Waals surface area contributed by atoms with Crippen molar-refractivity contribution in [2.24, 2.45) is 0 Å². The van der Waals surface area contributed by atoms with Crippen LogP contribution in [-0.2, 0) is 14.3 Å². The number of esters is 1. The van der Waals surface area contributed by atoms with Gasteiger partial charge in [0.05, 0.1) is 7.11 Å². The van der Waals surface area contributed by atoms with Gasteiger partial charge in [0, 0.05) is 5.69 Å². The highest BCUT2D eigenvalue weighted by molar-refractivity contribution is 5.84. The fourth-order valence-corrected chi connectivity index (χ4v) is 1.23. The van der Waals surface area contributed by atoms with E-state index >= 15 is 0 Å². The molecule has 0 heterocycles. The number of methoxy groups -OCH3 is 1. The zero-order chi connectivity index (χ0) is 13.5. The van der Waals surface area contributed by atoms with Crippen LogP contribution in [-0.4, -0.2) is 31.6 Å². The van der Waals surface area contributed by atoms with E-state index in [0.717, 1.165) is 0 Å². The number of anilines is 1. The lowest BCUT2D eigenvalue weighted by Crippen LogP contribution is -2.41. The summed E-state index contributed by atoms with van der Waals surface area (Å²) < 4.78 is 9.70. The van der Waals surface area contributed by atoms with Crippen LogP contribution in [0.15, 0.2) is 24.3 Å². The third-order valence-electron chi connectivity index (χ3n) is 2.18. The van der Waals surface area contributed by atoms with E-state index in [9.17, 15) is 9.59 Å². The highest BCUT2D eigenvalue weighted by Crippen LogP contribution is 2.12. The predicted molar refractivity (Wildman–Crippen MR) is 66.0 cm³/mol. The number of nitrogen functional groups attached to an aromatic ring is 1. The van der Waals surface area contributed by atoms with Crippen LogP contribution in [0.4, 0.5) is 5.69 Å². The number of nitrogens with two attached hydrogens (primary N) is 1. The van der Waals surface area contributed by atoms with Gasteiger partial charge in [0.25, 0.3) is 5.91 Å². The lowest BCUT2D eigenvalue weighted by atomic mass is 10.3. The largest absolute Gasteiger partial charge is 0.484 e. The number of nitrogens with one attached hydrogen (secondary N) is 1. The van der Waals surface area contributed by atoms with Crippen LogP contribution in [0, 0.1) is 0 Å². The molecule has 98 valence electrons. The topological polar surface area (TPSA) is 90.6 Å². The number of hydrogen-bond acceptors (Lipinski definition) is 5. The van der Waals surface area contributed by atoms with E-state index in [2.05, 4.69) is 10.1 Å². The minimum absolute atomic E-state index is 0.175. The standard InChI is InChI=1S/C12H16N2O4/c1-8(12(16)17-2)14-11(15)7-18-10-5-3-9(13)4-6-10/h3-6,8H,7,13H2,1-2H3,(H,14,15). The van der Waals surface area contributed by atoms with Crippen molar-refractivity contribution in [3.63, 3.8) is 0 Å². The maximum absolute atomic E-state index is 11.4. The van der Waals surface area contributed by atoms with Crippen LogP contribution in [0.2, 0.25) is 0 Å². The molecule has 0 aliphatic heterocycles. The average Bonchev–Trinajstić information content (AvgIpc) is 2.37. The van der Waals surface area contributed by atoms with E-state index in [1.165, 1.54) is 14.0 Å². The molecule has 18 heavy (non-hydrogen) atoms. The maximum atomic E-state index is 11.4. The quantitative estimate of drug-likeness (QED) is 0.582. The van der Waals surface area contributed by atoms with Gasteiger partial charge in [-0.15, -0.1) is 0 Å². The zero-order valence-corrected chi connectivity index (χ0v) is 10.3. The first-order valence-electron chi connectivity index (χ1n) is 5.38. The van der Waals surface area contributed by atoms with Crippen molar-refractivity contribution in [3.8, 4) is 5.75 Å². The van der Waals surface area contributed by atoms with E-state index in [-0.39, 0.29) is 6.61 Å². The molecule has 0 aromatic heterocycles. The van der Waals surface area contributed by atoms with E-state index in [4.69, 9.17) is 10.5 Å². The Hall–Kier alpha value is -2.24. The first-order chi connectivity index (χ1) is 8.52. The molecule has 0 aliphatic carbocycles. The van der Waals surface area contributed by atoms with Gasteiger partial charge in [-0.05, 0) is 31.2 Å². The van der Waals surface area contributed by atoms with Gasteiger partial charge >= 0.3 is 5.97 Å². The Morgan fingerprint density at radius 1 is 1.33 bits per heavy atom. The molecule has 0 radical (unpaired) electrons. The highest BCUT2D eigenvalue weighted by atomic mass is 16.5. The Bertz CT molecular complexity index is 417. The van der Waals surface area contributed by atoms with Crippen molar-refractivity contribution < 1.29 is 19.1 Å². The summed E-state index contributed by atoms with van der Waals surface area (Å²) in [7, 11) is 1.26. The number of carbonyl (C=O) groups is 2. The molecule has 0 aliphatic rings. The average molecular weight is 252 g/mol. The molecule has 1 aromatic carbocycles. The lowest BCUT2D eigenvalue weighted by Gasteiger charge is -2.12. The van der Waals surface area contributed by atoms with E-state index in [1.54, 1.807) is 24.3 Å². The molecular weight excluding hydrogens is 236 g/mol. The Morgan fingerprint density at radius 3 is 2.50 bits per heavy atom. The van der Waals surface area contributed by atoms with Gasteiger partial charge in [-0.1, -0.05) is 0 Å². The molecule has 0 saturated heterocycles. The Labute approximate surface area is 105 Å². The molecule has 1 amide bonds. The summed E-state index contributed by atoms with van der Waals surface area (Å²) in [5.74, 6) is -0.370. The number of benzene rings is 1. The predicted octanol–water partition coefficient (Wildman–Crippen LogP) is 0.325. The summed E-state index contributed by atoms with van der Waals surface area (Å²) in [6.07, 6.45) is 0. The number of hydrogen-bond donors (Lipinski definition) is 2. The Kier molecular flexibility index (Phi) is 4.98. The molecule has 0 fully saturated rings. The molecule has 1 aromatic rings. The fraction of sp³-hybridized carbons (Fsp3) is 0.333. The van der Waals surface area contributed by atoms with E-state index in [0.29, 0.717) is 11.4 Å². The van der Waals surface area contributed by atoms with Crippen molar-refractivity contribution in [3.05, 3.63) is 24.3 Å². The minimum atomic E-state index is -0.697. The molecule has 0 bridgehead atoms. The second kappa shape index (κ2) is 6.48. The van der Waals surface area contributed by atoms with Crippen LogP contribution >= 0.6 is 0 Å². The molecular formula is C12H16N2O4. The molecule has 1 atom stereocenters. The normalized spacial score (nSPS) is 11.4. The monoisotopic (exact) mass is 252 g/mol. The number of amides is 1. The third-order valence-corrected chi connectivity index (χ3v) is 2.18. The number of ether oxygens (including phenoxy) is 2.